The molecule has 198 valence electrons. The average Bonchev–Trinajstić information content (AvgIpc) is 3.19. The zero-order chi connectivity index (χ0) is 26.3. The number of hydrogen-bond acceptors (Lipinski definition) is 7. The van der Waals surface area contributed by atoms with Gasteiger partial charge in [-0.1, -0.05) is 18.5 Å². The van der Waals surface area contributed by atoms with Crippen molar-refractivity contribution >= 4 is 46.3 Å². The van der Waals surface area contributed by atoms with Crippen LogP contribution in [0.3, 0.4) is 0 Å². The van der Waals surface area contributed by atoms with E-state index >= 15 is 0 Å². The van der Waals surface area contributed by atoms with E-state index in [1.807, 2.05) is 11.5 Å². The van der Waals surface area contributed by atoms with Gasteiger partial charge in [-0.05, 0) is 57.4 Å². The number of carbonyl (C=O) groups is 1. The Morgan fingerprint density at radius 3 is 2.65 bits per heavy atom. The Morgan fingerprint density at radius 1 is 1.22 bits per heavy atom. The minimum atomic E-state index is -0.849. The number of hydrogen-bond donors (Lipinski definition) is 4. The number of halogens is 3. The fraction of sp³-hybridized carbons (Fsp3) is 0.520. The molecule has 2 heterocycles. The standard InChI is InChI=1S/C25H30ClF2N7O2/c1-25(22(29)37)7-5-15(6-8-25)35-21-19(12-30-23(34-21)31-14-3-2-4-16(36)11-14)32-24(35)33-20-17(26)9-13(27)10-18(20)28/h9-10,12,14-16,36H,2-8,11H2,1H3,(H2,29,37)(H,32,33)(H,30,31,34). The molecule has 0 saturated heterocycles. The summed E-state index contributed by atoms with van der Waals surface area (Å²) in [6.45, 7) is 1.87. The van der Waals surface area contributed by atoms with Crippen molar-refractivity contribution in [2.75, 3.05) is 10.6 Å². The number of aromatic nitrogens is 4. The number of anilines is 3. The molecule has 0 aliphatic heterocycles. The first-order valence-corrected chi connectivity index (χ1v) is 12.9. The Bertz CT molecular complexity index is 1300. The zero-order valence-corrected chi connectivity index (χ0v) is 21.2. The fourth-order valence-electron chi connectivity index (χ4n) is 5.39. The van der Waals surface area contributed by atoms with Crippen molar-refractivity contribution in [2.24, 2.45) is 11.1 Å². The molecule has 12 heteroatoms. The summed E-state index contributed by atoms with van der Waals surface area (Å²) in [6, 6.07) is 1.72. The second kappa shape index (κ2) is 10.0. The number of aliphatic hydroxyl groups excluding tert-OH is 1. The highest BCUT2D eigenvalue weighted by molar-refractivity contribution is 6.33. The molecule has 2 fully saturated rings. The minimum Gasteiger partial charge on any atom is -0.393 e. The summed E-state index contributed by atoms with van der Waals surface area (Å²) in [5, 5.41) is 16.2. The Hall–Kier alpha value is -3.05. The van der Waals surface area contributed by atoms with E-state index in [0.29, 0.717) is 49.2 Å². The van der Waals surface area contributed by atoms with Crippen LogP contribution in [0.15, 0.2) is 18.3 Å². The molecule has 1 aromatic carbocycles. The van der Waals surface area contributed by atoms with Gasteiger partial charge in [0.25, 0.3) is 0 Å². The molecule has 2 atom stereocenters. The van der Waals surface area contributed by atoms with Gasteiger partial charge in [-0.2, -0.15) is 4.98 Å². The Balaban J connectivity index is 1.52. The Kier molecular flexibility index (Phi) is 6.93. The van der Waals surface area contributed by atoms with Gasteiger partial charge in [-0.15, -0.1) is 0 Å². The second-order valence-electron chi connectivity index (χ2n) is 10.4. The predicted molar refractivity (Wildman–Crippen MR) is 137 cm³/mol. The van der Waals surface area contributed by atoms with Crippen LogP contribution >= 0.6 is 11.6 Å². The highest BCUT2D eigenvalue weighted by atomic mass is 35.5. The minimum absolute atomic E-state index is 0.0493. The fourth-order valence-corrected chi connectivity index (χ4v) is 5.63. The van der Waals surface area contributed by atoms with Crippen LogP contribution in [-0.4, -0.2) is 42.7 Å². The highest BCUT2D eigenvalue weighted by Crippen LogP contribution is 2.43. The molecule has 9 nitrogen and oxygen atoms in total. The van der Waals surface area contributed by atoms with Gasteiger partial charge < -0.3 is 21.5 Å². The van der Waals surface area contributed by atoms with Crippen LogP contribution in [-0.2, 0) is 4.79 Å². The van der Waals surface area contributed by atoms with Gasteiger partial charge in [0.05, 0.1) is 23.0 Å². The molecule has 2 aliphatic rings. The van der Waals surface area contributed by atoms with Crippen LogP contribution in [0, 0.1) is 17.0 Å². The van der Waals surface area contributed by atoms with E-state index in [2.05, 4.69) is 20.6 Å². The highest BCUT2D eigenvalue weighted by Gasteiger charge is 2.38. The van der Waals surface area contributed by atoms with Crippen LogP contribution in [0.4, 0.5) is 26.4 Å². The predicted octanol–water partition coefficient (Wildman–Crippen LogP) is 4.82. The number of nitrogens with two attached hydrogens (primary N) is 1. The van der Waals surface area contributed by atoms with Gasteiger partial charge in [0.1, 0.15) is 11.3 Å². The number of carbonyl (C=O) groups excluding carboxylic acids is 1. The van der Waals surface area contributed by atoms with E-state index in [4.69, 9.17) is 22.3 Å². The lowest BCUT2D eigenvalue weighted by atomic mass is 9.73. The van der Waals surface area contributed by atoms with E-state index in [1.165, 1.54) is 0 Å². The van der Waals surface area contributed by atoms with Crippen molar-refractivity contribution in [2.45, 2.75) is 76.5 Å². The number of nitrogens with one attached hydrogen (secondary N) is 2. The van der Waals surface area contributed by atoms with Gasteiger partial charge >= 0.3 is 0 Å². The molecule has 0 radical (unpaired) electrons. The number of benzene rings is 1. The normalized spacial score (nSPS) is 26.2. The molecule has 2 unspecified atom stereocenters. The summed E-state index contributed by atoms with van der Waals surface area (Å²) in [4.78, 5) is 25.8. The third-order valence-corrected chi connectivity index (χ3v) is 7.97. The number of fused-ring (bicyclic) bond motifs is 1. The summed E-state index contributed by atoms with van der Waals surface area (Å²) >= 11 is 6.15. The molecule has 0 spiro atoms. The third-order valence-electron chi connectivity index (χ3n) is 7.67. The van der Waals surface area contributed by atoms with Crippen molar-refractivity contribution in [3.05, 3.63) is 35.0 Å². The monoisotopic (exact) mass is 533 g/mol. The largest absolute Gasteiger partial charge is 0.393 e. The van der Waals surface area contributed by atoms with Gasteiger partial charge in [0.2, 0.25) is 17.8 Å². The van der Waals surface area contributed by atoms with Gasteiger partial charge in [0, 0.05) is 23.6 Å². The number of amides is 1. The summed E-state index contributed by atoms with van der Waals surface area (Å²) < 4.78 is 30.1. The smallest absolute Gasteiger partial charge is 0.224 e. The summed E-state index contributed by atoms with van der Waals surface area (Å²) in [6.07, 6.45) is 6.86. The SMILES string of the molecule is CC1(C(N)=O)CCC(n2c(Nc3c(F)cc(F)cc3Cl)nc3cnc(NC4CCCC(O)C4)nc32)CC1. The molecule has 3 aromatic rings. The summed E-state index contributed by atoms with van der Waals surface area (Å²) in [5.74, 6) is -1.27. The van der Waals surface area contributed by atoms with E-state index in [0.717, 1.165) is 31.4 Å². The molecule has 2 aliphatic carbocycles. The van der Waals surface area contributed by atoms with Crippen LogP contribution < -0.4 is 16.4 Å². The maximum atomic E-state index is 14.6. The number of imidazole rings is 1. The molecule has 2 aromatic heterocycles. The first-order chi connectivity index (χ1) is 17.6. The second-order valence-corrected chi connectivity index (χ2v) is 10.8. The number of aliphatic hydroxyl groups is 1. The van der Waals surface area contributed by atoms with Gasteiger partial charge in [-0.25, -0.2) is 18.7 Å². The first-order valence-electron chi connectivity index (χ1n) is 12.5. The lowest BCUT2D eigenvalue weighted by molar-refractivity contribution is -0.128. The first kappa shape index (κ1) is 25.6. The topological polar surface area (TPSA) is 131 Å². The zero-order valence-electron chi connectivity index (χ0n) is 20.5. The number of nitrogens with zero attached hydrogens (tertiary/aromatic N) is 4. The van der Waals surface area contributed by atoms with Gasteiger partial charge in [-0.3, -0.25) is 9.36 Å². The number of rotatable bonds is 6. The van der Waals surface area contributed by atoms with E-state index in [9.17, 15) is 18.7 Å². The molecule has 5 N–H and O–H groups in total. The van der Waals surface area contributed by atoms with E-state index in [-0.39, 0.29) is 40.8 Å². The van der Waals surface area contributed by atoms with Crippen LogP contribution in [0.1, 0.15) is 64.3 Å². The van der Waals surface area contributed by atoms with Gasteiger partial charge in [0.15, 0.2) is 11.5 Å². The molecule has 0 bridgehead atoms. The van der Waals surface area contributed by atoms with Crippen LogP contribution in [0.25, 0.3) is 11.2 Å². The molecule has 5 rings (SSSR count). The average molecular weight is 534 g/mol. The van der Waals surface area contributed by atoms with Crippen LogP contribution in [0.2, 0.25) is 5.02 Å². The molecular formula is C25H30ClF2N7O2. The van der Waals surface area contributed by atoms with Crippen LogP contribution in [0.5, 0.6) is 0 Å². The van der Waals surface area contributed by atoms with Crippen molar-refractivity contribution < 1.29 is 18.7 Å². The summed E-state index contributed by atoms with van der Waals surface area (Å²) in [5.41, 5.74) is 5.97. The molecule has 2 saturated carbocycles. The Morgan fingerprint density at radius 2 is 1.97 bits per heavy atom. The van der Waals surface area contributed by atoms with Crippen molar-refractivity contribution in [3.8, 4) is 0 Å². The van der Waals surface area contributed by atoms with E-state index in [1.54, 1.807) is 6.20 Å². The molecular weight excluding hydrogens is 504 g/mol. The van der Waals surface area contributed by atoms with E-state index < -0.39 is 17.0 Å². The van der Waals surface area contributed by atoms with Crippen molar-refractivity contribution in [1.29, 1.82) is 0 Å². The van der Waals surface area contributed by atoms with Crippen molar-refractivity contribution in [3.63, 3.8) is 0 Å². The van der Waals surface area contributed by atoms with Crippen molar-refractivity contribution in [1.82, 2.24) is 19.5 Å². The number of primary amides is 1. The maximum absolute atomic E-state index is 14.6. The molecule has 1 amide bonds. The maximum Gasteiger partial charge on any atom is 0.224 e. The third kappa shape index (κ3) is 5.19. The molecule has 37 heavy (non-hydrogen) atoms. The summed E-state index contributed by atoms with van der Waals surface area (Å²) in [7, 11) is 0. The lowest BCUT2D eigenvalue weighted by Crippen LogP contribution is -2.38. The Labute approximate surface area is 217 Å². The lowest BCUT2D eigenvalue weighted by Gasteiger charge is -2.35. The quantitative estimate of drug-likeness (QED) is 0.357.